The molecule has 0 bridgehead atoms. The van der Waals surface area contributed by atoms with E-state index in [9.17, 15) is 9.90 Å². The number of pyridine rings is 1. The number of hydrogen-bond donors (Lipinski definition) is 1. The van der Waals surface area contributed by atoms with Crippen LogP contribution in [0.1, 0.15) is 0 Å². The van der Waals surface area contributed by atoms with E-state index in [1.165, 1.54) is 0 Å². The molecule has 0 saturated carbocycles. The summed E-state index contributed by atoms with van der Waals surface area (Å²) in [6.45, 7) is 0. The third kappa shape index (κ3) is 2.21. The molecule has 13 heavy (non-hydrogen) atoms. The summed E-state index contributed by atoms with van der Waals surface area (Å²) >= 11 is 0. The topological polar surface area (TPSA) is 55.9 Å². The van der Waals surface area contributed by atoms with Gasteiger partial charge in [0.2, 0.25) is 5.56 Å². The summed E-state index contributed by atoms with van der Waals surface area (Å²) in [5, 5.41) is 11.7. The number of hydrogen-bond acceptors (Lipinski definition) is 2. The number of nitrogens with one attached hydrogen (secondary N) is 1. The maximum absolute atomic E-state index is 11.2. The van der Waals surface area contributed by atoms with Gasteiger partial charge in [-0.3, -0.25) is 4.79 Å². The Morgan fingerprint density at radius 1 is 1.23 bits per heavy atom. The molecule has 0 aliphatic rings. The molecule has 0 radical (unpaired) electrons. The van der Waals surface area contributed by atoms with Crippen LogP contribution in [0.15, 0.2) is 35.1 Å². The van der Waals surface area contributed by atoms with Gasteiger partial charge in [-0.2, -0.15) is 0 Å². The molecule has 1 aromatic heterocycles. The fourth-order valence-electron chi connectivity index (χ4n) is 1.17. The number of rotatable bonds is 0. The largest absolute Gasteiger partial charge is 1.00 e. The van der Waals surface area contributed by atoms with Gasteiger partial charge in [0.1, 0.15) is 0 Å². The maximum Gasteiger partial charge on any atom is 1.00 e. The van der Waals surface area contributed by atoms with Crippen LogP contribution in [0.2, 0.25) is 0 Å². The Labute approximate surface area is 117 Å². The number of para-hydroxylation sites is 1. The van der Waals surface area contributed by atoms with Crippen molar-refractivity contribution in [3.8, 4) is 5.75 Å². The van der Waals surface area contributed by atoms with Gasteiger partial charge in [-0.25, -0.2) is 0 Å². The van der Waals surface area contributed by atoms with Gasteiger partial charge >= 0.3 is 51.4 Å². The number of aromatic amines is 1. The third-order valence-electron chi connectivity index (χ3n) is 1.71. The molecular weight excluding hydrogens is 193 g/mol. The maximum atomic E-state index is 11.2. The number of benzene rings is 1. The van der Waals surface area contributed by atoms with Crippen LogP contribution in [0.5, 0.6) is 5.75 Å². The van der Waals surface area contributed by atoms with E-state index in [1.807, 2.05) is 0 Å². The molecule has 2 aromatic rings. The quantitative estimate of drug-likeness (QED) is 0.481. The molecule has 3 nitrogen and oxygen atoms in total. The predicted octanol–water partition coefficient (Wildman–Crippen LogP) is -2.39. The zero-order valence-electron chi connectivity index (χ0n) is 7.20. The number of fused-ring (bicyclic) bond motifs is 1. The Morgan fingerprint density at radius 3 is 2.69 bits per heavy atom. The Balaban J connectivity index is 0.000000845. The molecule has 0 saturated heterocycles. The van der Waals surface area contributed by atoms with Crippen LogP contribution >= 0.6 is 0 Å². The average molecular weight is 199 g/mol. The zero-order chi connectivity index (χ0) is 8.55. The molecule has 0 atom stereocenters. The average Bonchev–Trinajstić information content (AvgIpc) is 2.04. The van der Waals surface area contributed by atoms with Crippen molar-refractivity contribution in [2.45, 2.75) is 0 Å². The molecular formula is C9H6KNO2. The second-order valence-corrected chi connectivity index (χ2v) is 2.54. The van der Waals surface area contributed by atoms with Gasteiger partial charge in [-0.15, -0.1) is 0 Å². The van der Waals surface area contributed by atoms with E-state index in [0.717, 1.165) is 6.07 Å². The molecule has 0 spiro atoms. The van der Waals surface area contributed by atoms with Crippen LogP contribution in [-0.2, 0) is 0 Å². The fourth-order valence-corrected chi connectivity index (χ4v) is 1.17. The fraction of sp³-hybridized carbons (Fsp3) is 0. The van der Waals surface area contributed by atoms with Crippen LogP contribution < -0.4 is 62.1 Å². The van der Waals surface area contributed by atoms with Crippen molar-refractivity contribution in [1.29, 1.82) is 0 Å². The van der Waals surface area contributed by atoms with E-state index >= 15 is 0 Å². The van der Waals surface area contributed by atoms with Crippen molar-refractivity contribution in [2.75, 3.05) is 0 Å². The van der Waals surface area contributed by atoms with E-state index in [0.29, 0.717) is 10.9 Å². The normalized spacial score (nSPS) is 9.54. The SMILES string of the molecule is O=c1cc([O-])c2ccccc2[nH]1.[K+]. The first kappa shape index (κ1) is 10.9. The second-order valence-electron chi connectivity index (χ2n) is 2.54. The Bertz CT molecular complexity index is 478. The Morgan fingerprint density at radius 2 is 1.92 bits per heavy atom. The van der Waals surface area contributed by atoms with E-state index in [2.05, 4.69) is 4.98 Å². The summed E-state index contributed by atoms with van der Waals surface area (Å²) in [5.74, 6) is -0.227. The molecule has 0 amide bonds. The third-order valence-corrected chi connectivity index (χ3v) is 1.71. The summed E-state index contributed by atoms with van der Waals surface area (Å²) < 4.78 is 0. The van der Waals surface area contributed by atoms with Gasteiger partial charge in [0, 0.05) is 5.52 Å². The summed E-state index contributed by atoms with van der Waals surface area (Å²) in [4.78, 5) is 13.4. The Hall–Kier alpha value is -0.134. The predicted molar refractivity (Wildman–Crippen MR) is 44.0 cm³/mol. The van der Waals surface area contributed by atoms with Gasteiger partial charge < -0.3 is 10.1 Å². The van der Waals surface area contributed by atoms with Crippen molar-refractivity contribution in [3.63, 3.8) is 0 Å². The minimum Gasteiger partial charge on any atom is -0.872 e. The minimum absolute atomic E-state index is 0. The van der Waals surface area contributed by atoms with Gasteiger partial charge in [-0.1, -0.05) is 23.9 Å². The smallest absolute Gasteiger partial charge is 0.872 e. The number of H-pyrrole nitrogens is 1. The monoisotopic (exact) mass is 199 g/mol. The van der Waals surface area contributed by atoms with Crippen LogP contribution in [0, 0.1) is 0 Å². The van der Waals surface area contributed by atoms with E-state index in [4.69, 9.17) is 0 Å². The van der Waals surface area contributed by atoms with E-state index in [-0.39, 0.29) is 62.7 Å². The molecule has 4 heteroatoms. The van der Waals surface area contributed by atoms with Gasteiger partial charge in [0.15, 0.2) is 0 Å². The molecule has 1 heterocycles. The van der Waals surface area contributed by atoms with Crippen LogP contribution in [0.25, 0.3) is 10.9 Å². The van der Waals surface area contributed by atoms with Crippen LogP contribution in [0.4, 0.5) is 0 Å². The molecule has 1 aromatic carbocycles. The number of aromatic nitrogens is 1. The van der Waals surface area contributed by atoms with Crippen LogP contribution in [-0.4, -0.2) is 4.98 Å². The zero-order valence-corrected chi connectivity index (χ0v) is 10.3. The van der Waals surface area contributed by atoms with Crippen molar-refractivity contribution >= 4 is 10.9 Å². The minimum atomic E-state index is -0.348. The molecule has 60 valence electrons. The van der Waals surface area contributed by atoms with Gasteiger partial charge in [0.05, 0.1) is 0 Å². The molecule has 0 aliphatic heterocycles. The van der Waals surface area contributed by atoms with E-state index < -0.39 is 0 Å². The van der Waals surface area contributed by atoms with Crippen molar-refractivity contribution in [1.82, 2.24) is 4.98 Å². The van der Waals surface area contributed by atoms with Crippen molar-refractivity contribution < 1.29 is 56.5 Å². The van der Waals surface area contributed by atoms with Crippen molar-refractivity contribution in [2.24, 2.45) is 0 Å². The standard InChI is InChI=1S/C9H7NO2.K/c11-8-5-9(12)10-7-4-2-1-3-6(7)8;/h1-5H,(H2,10,11,12);/q;+1/p-1. The summed E-state index contributed by atoms with van der Waals surface area (Å²) in [6, 6.07) is 7.99. The second kappa shape index (κ2) is 4.39. The summed E-state index contributed by atoms with van der Waals surface area (Å²) in [6.07, 6.45) is 0. The van der Waals surface area contributed by atoms with Gasteiger partial charge in [-0.05, 0) is 17.5 Å². The summed E-state index contributed by atoms with van der Waals surface area (Å²) in [7, 11) is 0. The first-order chi connectivity index (χ1) is 5.77. The summed E-state index contributed by atoms with van der Waals surface area (Å²) in [5.41, 5.74) is 0.244. The molecule has 0 fully saturated rings. The first-order valence-electron chi connectivity index (χ1n) is 3.56. The molecule has 0 aliphatic carbocycles. The molecule has 1 N–H and O–H groups in total. The first-order valence-corrected chi connectivity index (χ1v) is 3.56. The van der Waals surface area contributed by atoms with Gasteiger partial charge in [0.25, 0.3) is 0 Å². The van der Waals surface area contributed by atoms with Crippen LogP contribution in [0.3, 0.4) is 0 Å². The van der Waals surface area contributed by atoms with E-state index in [1.54, 1.807) is 24.3 Å². The molecule has 2 rings (SSSR count). The van der Waals surface area contributed by atoms with Crippen molar-refractivity contribution in [3.05, 3.63) is 40.7 Å². The Kier molecular flexibility index (Phi) is 3.70. The molecule has 0 unspecified atom stereocenters.